The maximum Gasteiger partial charge on any atom is -0.0386 e. The zero-order valence-corrected chi connectivity index (χ0v) is 10.2. The van der Waals surface area contributed by atoms with Crippen LogP contribution in [0.15, 0.2) is 0 Å². The highest BCUT2D eigenvalue weighted by Gasteiger charge is 2.20. The first kappa shape index (κ1) is 12.1. The Hall–Kier alpha value is 0. The van der Waals surface area contributed by atoms with Crippen LogP contribution in [-0.4, -0.2) is 0 Å². The van der Waals surface area contributed by atoms with E-state index >= 15 is 0 Å². The van der Waals surface area contributed by atoms with Crippen molar-refractivity contribution >= 4 is 0 Å². The van der Waals surface area contributed by atoms with Crippen molar-refractivity contribution in [1.29, 1.82) is 0 Å². The molecule has 0 aromatic carbocycles. The molecule has 0 heteroatoms. The highest BCUT2D eigenvalue weighted by atomic mass is 14.3. The van der Waals surface area contributed by atoms with E-state index in [2.05, 4.69) is 13.8 Å². The molecule has 1 atom stereocenters. The van der Waals surface area contributed by atoms with Crippen molar-refractivity contribution in [2.24, 2.45) is 11.8 Å². The van der Waals surface area contributed by atoms with Gasteiger partial charge >= 0.3 is 0 Å². The molecule has 1 rings (SSSR count). The van der Waals surface area contributed by atoms with Crippen LogP contribution in [0, 0.1) is 11.8 Å². The van der Waals surface area contributed by atoms with Crippen LogP contribution in [0.25, 0.3) is 0 Å². The van der Waals surface area contributed by atoms with Gasteiger partial charge in [0.15, 0.2) is 0 Å². The normalized spacial score (nSPS) is 21.9. The molecule has 1 saturated carbocycles. The molecule has 1 aliphatic carbocycles. The second kappa shape index (κ2) is 7.31. The van der Waals surface area contributed by atoms with Crippen LogP contribution in [0.1, 0.15) is 78.1 Å². The topological polar surface area (TPSA) is 0 Å². The quantitative estimate of drug-likeness (QED) is 0.532. The lowest BCUT2D eigenvalue weighted by molar-refractivity contribution is 0.268. The Bertz CT molecular complexity index is 120. The first-order valence-electron chi connectivity index (χ1n) is 6.88. The average Bonchev–Trinajstić information content (AvgIpc) is 2.48. The van der Waals surface area contributed by atoms with Crippen molar-refractivity contribution in [2.75, 3.05) is 0 Å². The molecule has 14 heavy (non-hydrogen) atoms. The van der Waals surface area contributed by atoms with E-state index in [9.17, 15) is 0 Å². The van der Waals surface area contributed by atoms with E-state index in [1.165, 1.54) is 64.2 Å². The van der Waals surface area contributed by atoms with E-state index in [1.54, 1.807) is 0 Å². The molecule has 0 spiro atoms. The summed E-state index contributed by atoms with van der Waals surface area (Å²) in [7, 11) is 0. The fourth-order valence-corrected chi connectivity index (χ4v) is 3.02. The van der Waals surface area contributed by atoms with Crippen LogP contribution in [0.4, 0.5) is 0 Å². The van der Waals surface area contributed by atoms with Gasteiger partial charge in [0.2, 0.25) is 0 Å². The third-order valence-corrected chi connectivity index (χ3v) is 4.02. The lowest BCUT2D eigenvalue weighted by Gasteiger charge is -2.24. The summed E-state index contributed by atoms with van der Waals surface area (Å²) in [6.07, 6.45) is 14.8. The Kier molecular flexibility index (Phi) is 6.31. The Labute approximate surface area is 90.5 Å². The number of unbranched alkanes of at least 4 members (excludes halogenated alkanes) is 1. The highest BCUT2D eigenvalue weighted by Crippen LogP contribution is 2.33. The molecular weight excluding hydrogens is 168 g/mol. The van der Waals surface area contributed by atoms with Gasteiger partial charge in [0.05, 0.1) is 0 Å². The van der Waals surface area contributed by atoms with Gasteiger partial charge in [0, 0.05) is 0 Å². The number of rotatable bonds is 5. The summed E-state index contributed by atoms with van der Waals surface area (Å²) in [6, 6.07) is 0. The smallest absolute Gasteiger partial charge is 0.0386 e. The van der Waals surface area contributed by atoms with Gasteiger partial charge in [0.25, 0.3) is 0 Å². The van der Waals surface area contributed by atoms with Crippen molar-refractivity contribution in [1.82, 2.24) is 0 Å². The van der Waals surface area contributed by atoms with Gasteiger partial charge in [0.1, 0.15) is 0 Å². The predicted molar refractivity (Wildman–Crippen MR) is 64.5 cm³/mol. The molecule has 0 aromatic rings. The summed E-state index contributed by atoms with van der Waals surface area (Å²) in [5, 5.41) is 0. The fraction of sp³-hybridized carbons (Fsp3) is 1.00. The van der Waals surface area contributed by atoms with E-state index in [4.69, 9.17) is 0 Å². The van der Waals surface area contributed by atoms with Gasteiger partial charge in [-0.25, -0.2) is 0 Å². The van der Waals surface area contributed by atoms with Crippen LogP contribution < -0.4 is 0 Å². The Balaban J connectivity index is 2.32. The SMILES string of the molecule is CCCCC(CC)C1CCCCCC1. The van der Waals surface area contributed by atoms with Crippen molar-refractivity contribution < 1.29 is 0 Å². The van der Waals surface area contributed by atoms with Crippen LogP contribution in [0.5, 0.6) is 0 Å². The van der Waals surface area contributed by atoms with Crippen LogP contribution in [0.2, 0.25) is 0 Å². The van der Waals surface area contributed by atoms with Crippen molar-refractivity contribution in [3.05, 3.63) is 0 Å². The molecule has 0 saturated heterocycles. The second-order valence-electron chi connectivity index (χ2n) is 5.06. The largest absolute Gasteiger partial charge is 0.0654 e. The molecule has 0 radical (unpaired) electrons. The zero-order valence-electron chi connectivity index (χ0n) is 10.2. The van der Waals surface area contributed by atoms with E-state index in [1.807, 2.05) is 0 Å². The molecule has 0 bridgehead atoms. The zero-order chi connectivity index (χ0) is 10.2. The van der Waals surface area contributed by atoms with Crippen molar-refractivity contribution in [3.63, 3.8) is 0 Å². The lowest BCUT2D eigenvalue weighted by Crippen LogP contribution is -2.13. The molecule has 0 amide bonds. The van der Waals surface area contributed by atoms with E-state index in [0.717, 1.165) is 11.8 Å². The monoisotopic (exact) mass is 196 g/mol. The molecule has 1 aliphatic rings. The van der Waals surface area contributed by atoms with Gasteiger partial charge in [-0.3, -0.25) is 0 Å². The third kappa shape index (κ3) is 4.02. The molecule has 0 aromatic heterocycles. The van der Waals surface area contributed by atoms with Gasteiger partial charge in [-0.05, 0) is 11.8 Å². The van der Waals surface area contributed by atoms with Crippen LogP contribution >= 0.6 is 0 Å². The third-order valence-electron chi connectivity index (χ3n) is 4.02. The standard InChI is InChI=1S/C14H28/c1-3-5-10-13(4-2)14-11-8-6-7-9-12-14/h13-14H,3-12H2,1-2H3. The van der Waals surface area contributed by atoms with Gasteiger partial charge < -0.3 is 0 Å². The summed E-state index contributed by atoms with van der Waals surface area (Å²) in [5.41, 5.74) is 0. The minimum atomic E-state index is 1.05. The first-order valence-corrected chi connectivity index (χ1v) is 6.88. The van der Waals surface area contributed by atoms with Gasteiger partial charge in [-0.2, -0.15) is 0 Å². The molecule has 0 aliphatic heterocycles. The van der Waals surface area contributed by atoms with Gasteiger partial charge in [-0.15, -0.1) is 0 Å². The summed E-state index contributed by atoms with van der Waals surface area (Å²) in [4.78, 5) is 0. The molecule has 1 unspecified atom stereocenters. The van der Waals surface area contributed by atoms with E-state index in [-0.39, 0.29) is 0 Å². The van der Waals surface area contributed by atoms with Gasteiger partial charge in [-0.1, -0.05) is 78.1 Å². The summed E-state index contributed by atoms with van der Waals surface area (Å²) < 4.78 is 0. The lowest BCUT2D eigenvalue weighted by atomic mass is 9.81. The maximum absolute atomic E-state index is 2.39. The Morgan fingerprint density at radius 1 is 1.00 bits per heavy atom. The maximum atomic E-state index is 2.39. The number of hydrogen-bond acceptors (Lipinski definition) is 0. The fourth-order valence-electron chi connectivity index (χ4n) is 3.02. The summed E-state index contributed by atoms with van der Waals surface area (Å²) in [5.74, 6) is 2.13. The predicted octanol–water partition coefficient (Wildman–Crippen LogP) is 5.17. The first-order chi connectivity index (χ1) is 6.88. The highest BCUT2D eigenvalue weighted by molar-refractivity contribution is 4.72. The van der Waals surface area contributed by atoms with Crippen molar-refractivity contribution in [2.45, 2.75) is 78.1 Å². The molecule has 0 nitrogen and oxygen atoms in total. The van der Waals surface area contributed by atoms with E-state index in [0.29, 0.717) is 0 Å². The van der Waals surface area contributed by atoms with Crippen LogP contribution in [-0.2, 0) is 0 Å². The Morgan fingerprint density at radius 2 is 1.64 bits per heavy atom. The number of hydrogen-bond donors (Lipinski definition) is 0. The van der Waals surface area contributed by atoms with Crippen molar-refractivity contribution in [3.8, 4) is 0 Å². The Morgan fingerprint density at radius 3 is 2.14 bits per heavy atom. The summed E-state index contributed by atoms with van der Waals surface area (Å²) >= 11 is 0. The molecule has 84 valence electrons. The minimum absolute atomic E-state index is 1.05. The van der Waals surface area contributed by atoms with E-state index < -0.39 is 0 Å². The summed E-state index contributed by atoms with van der Waals surface area (Å²) in [6.45, 7) is 4.71. The average molecular weight is 196 g/mol. The second-order valence-corrected chi connectivity index (χ2v) is 5.06. The molecule has 1 fully saturated rings. The molecule has 0 N–H and O–H groups in total. The minimum Gasteiger partial charge on any atom is -0.0654 e. The molecular formula is C14H28. The van der Waals surface area contributed by atoms with Crippen LogP contribution in [0.3, 0.4) is 0 Å². The molecule has 0 heterocycles.